The third-order valence-electron chi connectivity index (χ3n) is 5.77. The normalized spacial score (nSPS) is 17.3. The quantitative estimate of drug-likeness (QED) is 0.112. The van der Waals surface area contributed by atoms with E-state index in [1.807, 2.05) is 0 Å². The molecule has 0 aliphatic carbocycles. The summed E-state index contributed by atoms with van der Waals surface area (Å²) >= 11 is 9.94. The average Bonchev–Trinajstić information content (AvgIpc) is 3.60. The van der Waals surface area contributed by atoms with Gasteiger partial charge in [0.25, 0.3) is 0 Å². The third-order valence-corrected chi connectivity index (χ3v) is 9.91. The summed E-state index contributed by atoms with van der Waals surface area (Å²) in [6, 6.07) is 10.4. The monoisotopic (exact) mass is 762 g/mol. The molecule has 0 aromatic heterocycles. The molecule has 2 unspecified atom stereocenters. The summed E-state index contributed by atoms with van der Waals surface area (Å²) in [5.74, 6) is -2.43. The third kappa shape index (κ3) is 12.2. The fourth-order valence-corrected chi connectivity index (χ4v) is 6.27. The van der Waals surface area contributed by atoms with Crippen LogP contribution in [-0.2, 0) is 42.8 Å². The topological polar surface area (TPSA) is 231 Å². The number of cyclic esters (lactones) is 2. The SMILES string of the molecule is CC(=O)OC/C(=C(\C(=O)O)c1ccc(F)cc1)c1ccc(S(C)(=O)=O)cc1.O=C1OCCN1P(=O)(O)Cl.O=C1OCCN1P(=O)(O)Cl. The van der Waals surface area contributed by atoms with Crippen LogP contribution in [0.2, 0.25) is 0 Å². The number of halogens is 3. The lowest BCUT2D eigenvalue weighted by Crippen LogP contribution is -2.17. The van der Waals surface area contributed by atoms with Crippen molar-refractivity contribution < 1.29 is 70.2 Å². The van der Waals surface area contributed by atoms with E-state index in [0.29, 0.717) is 14.9 Å². The molecule has 258 valence electrons. The number of ether oxygens (including phenoxy) is 3. The Bertz CT molecular complexity index is 1680. The summed E-state index contributed by atoms with van der Waals surface area (Å²) in [5, 5.41) is 9.69. The number of carbonyl (C=O) groups excluding carboxylic acids is 3. The first-order valence-corrected chi connectivity index (χ1v) is 19.7. The van der Waals surface area contributed by atoms with Gasteiger partial charge in [0.15, 0.2) is 9.84 Å². The first kappa shape index (κ1) is 39.7. The van der Waals surface area contributed by atoms with E-state index in [4.69, 9.17) is 37.0 Å². The molecular weight excluding hydrogens is 736 g/mol. The molecule has 3 N–H and O–H groups in total. The van der Waals surface area contributed by atoms with E-state index < -0.39 is 53.5 Å². The minimum absolute atomic E-state index is 0.0664. The molecule has 2 aromatic carbocycles. The molecule has 0 saturated carbocycles. The smallest absolute Gasteiger partial charge is 0.418 e. The zero-order chi connectivity index (χ0) is 35.7. The molecule has 2 fully saturated rings. The highest BCUT2D eigenvalue weighted by molar-refractivity contribution is 7.90. The Morgan fingerprint density at radius 3 is 1.62 bits per heavy atom. The van der Waals surface area contributed by atoms with E-state index in [1.54, 1.807) is 0 Å². The molecule has 2 aliphatic rings. The minimum atomic E-state index is -3.94. The summed E-state index contributed by atoms with van der Waals surface area (Å²) in [6.07, 6.45) is -0.611. The van der Waals surface area contributed by atoms with Crippen LogP contribution < -0.4 is 0 Å². The first-order valence-electron chi connectivity index (χ1n) is 12.7. The maximum absolute atomic E-state index is 13.2. The Balaban J connectivity index is 0.000000310. The van der Waals surface area contributed by atoms with Crippen molar-refractivity contribution in [2.45, 2.75) is 11.8 Å². The maximum Gasteiger partial charge on any atom is 0.418 e. The molecule has 2 saturated heterocycles. The number of hydrogen-bond acceptors (Lipinski definition) is 11. The Kier molecular flexibility index (Phi) is 14.0. The maximum atomic E-state index is 13.2. The van der Waals surface area contributed by atoms with Crippen molar-refractivity contribution in [2.24, 2.45) is 0 Å². The fourth-order valence-electron chi connectivity index (χ4n) is 3.64. The Labute approximate surface area is 276 Å². The summed E-state index contributed by atoms with van der Waals surface area (Å²) < 4.78 is 72.5. The Morgan fingerprint density at radius 1 is 0.894 bits per heavy atom. The van der Waals surface area contributed by atoms with Gasteiger partial charge in [-0.3, -0.25) is 4.79 Å². The molecule has 2 aromatic rings. The fraction of sp³-hybridized carbons (Fsp3) is 0.280. The first-order chi connectivity index (χ1) is 21.6. The second-order valence-electron chi connectivity index (χ2n) is 9.16. The van der Waals surface area contributed by atoms with Gasteiger partial charge < -0.3 is 29.1 Å². The summed E-state index contributed by atoms with van der Waals surface area (Å²) in [7, 11) is -3.42. The van der Waals surface area contributed by atoms with Crippen LogP contribution in [0.4, 0.5) is 14.0 Å². The molecule has 47 heavy (non-hydrogen) atoms. The largest absolute Gasteiger partial charge is 0.478 e. The number of aliphatic carboxylic acids is 1. The molecule has 0 radical (unpaired) electrons. The van der Waals surface area contributed by atoms with Crippen LogP contribution in [0.1, 0.15) is 18.1 Å². The van der Waals surface area contributed by atoms with Gasteiger partial charge in [0.05, 0.1) is 23.6 Å². The minimum Gasteiger partial charge on any atom is -0.478 e. The van der Waals surface area contributed by atoms with Gasteiger partial charge in [-0.15, -0.1) is 0 Å². The lowest BCUT2D eigenvalue weighted by Gasteiger charge is -2.14. The molecular formula is C25H27Cl2FN2O14P2S. The number of carbonyl (C=O) groups is 4. The zero-order valence-electron chi connectivity index (χ0n) is 24.3. The number of rotatable bonds is 8. The molecule has 0 bridgehead atoms. The lowest BCUT2D eigenvalue weighted by atomic mass is 9.95. The molecule has 2 atom stereocenters. The van der Waals surface area contributed by atoms with E-state index in [2.05, 4.69) is 9.47 Å². The van der Waals surface area contributed by atoms with Gasteiger partial charge in [0.1, 0.15) is 25.6 Å². The molecule has 16 nitrogen and oxygen atoms in total. The van der Waals surface area contributed by atoms with Gasteiger partial charge in [-0.1, -0.05) is 24.3 Å². The van der Waals surface area contributed by atoms with Gasteiger partial charge in [0, 0.05) is 18.8 Å². The molecule has 22 heteroatoms. The predicted molar refractivity (Wildman–Crippen MR) is 164 cm³/mol. The Morgan fingerprint density at radius 2 is 1.32 bits per heavy atom. The molecule has 0 spiro atoms. The number of esters is 1. The van der Waals surface area contributed by atoms with Crippen LogP contribution in [0.5, 0.6) is 0 Å². The van der Waals surface area contributed by atoms with E-state index in [9.17, 15) is 46.2 Å². The van der Waals surface area contributed by atoms with E-state index >= 15 is 0 Å². The van der Waals surface area contributed by atoms with E-state index in [1.165, 1.54) is 43.3 Å². The van der Waals surface area contributed by atoms with Crippen LogP contribution in [0.3, 0.4) is 0 Å². The number of benzene rings is 2. The number of hydrogen-bond donors (Lipinski definition) is 3. The van der Waals surface area contributed by atoms with Crippen molar-refractivity contribution in [1.82, 2.24) is 9.34 Å². The van der Waals surface area contributed by atoms with E-state index in [0.717, 1.165) is 18.4 Å². The standard InChI is InChI=1S/C19H17FO6S.2C3H5ClNO4P/c1-12(21)26-11-17(13-5-9-16(10-6-13)27(2,24)25)18(19(22)23)14-3-7-15(20)8-4-14;2*4-10(7,8)5-1-2-9-3(5)6/h3-10H,11H2,1-2H3,(H,22,23);2*1-2H2,(H,7,8)/b18-17+;;. The lowest BCUT2D eigenvalue weighted by molar-refractivity contribution is -0.139. The number of carboxylic acid groups (broad SMARTS) is 1. The highest BCUT2D eigenvalue weighted by Gasteiger charge is 2.36. The second kappa shape index (κ2) is 16.6. The Hall–Kier alpha value is -3.50. The van der Waals surface area contributed by atoms with Crippen LogP contribution in [0.15, 0.2) is 53.4 Å². The molecule has 2 aliphatic heterocycles. The average molecular weight is 763 g/mol. The van der Waals surface area contributed by atoms with Crippen LogP contribution >= 0.6 is 36.2 Å². The summed E-state index contributed by atoms with van der Waals surface area (Å²) in [4.78, 5) is 61.5. The molecule has 4 rings (SSSR count). The summed E-state index contributed by atoms with van der Waals surface area (Å²) in [6.45, 7) is -6.63. The van der Waals surface area contributed by atoms with Crippen LogP contribution in [0.25, 0.3) is 11.1 Å². The number of amides is 2. The highest BCUT2D eigenvalue weighted by Crippen LogP contribution is 2.52. The van der Waals surface area contributed by atoms with Crippen molar-refractivity contribution in [2.75, 3.05) is 39.2 Å². The van der Waals surface area contributed by atoms with Crippen LogP contribution in [0, 0.1) is 5.82 Å². The molecule has 2 heterocycles. The van der Waals surface area contributed by atoms with Gasteiger partial charge in [-0.2, -0.15) is 0 Å². The van der Waals surface area contributed by atoms with Gasteiger partial charge in [-0.05, 0) is 57.9 Å². The van der Waals surface area contributed by atoms with Gasteiger partial charge in [0.2, 0.25) is 0 Å². The zero-order valence-corrected chi connectivity index (χ0v) is 28.4. The van der Waals surface area contributed by atoms with Gasteiger partial charge >= 0.3 is 37.9 Å². The number of carboxylic acids is 1. The highest BCUT2D eigenvalue weighted by atomic mass is 35.7. The van der Waals surface area contributed by atoms with Crippen molar-refractivity contribution in [3.05, 3.63) is 65.5 Å². The predicted octanol–water partition coefficient (Wildman–Crippen LogP) is 4.34. The number of sulfone groups is 1. The van der Waals surface area contributed by atoms with Crippen molar-refractivity contribution >= 4 is 81.3 Å². The molecule has 2 amide bonds. The van der Waals surface area contributed by atoms with Crippen molar-refractivity contribution in [3.63, 3.8) is 0 Å². The van der Waals surface area contributed by atoms with Gasteiger partial charge in [-0.25, -0.2) is 45.7 Å². The summed E-state index contributed by atoms with van der Waals surface area (Å²) in [5.41, 5.74) is 0.566. The van der Waals surface area contributed by atoms with Crippen molar-refractivity contribution in [1.29, 1.82) is 0 Å². The van der Waals surface area contributed by atoms with Crippen molar-refractivity contribution in [3.8, 4) is 0 Å². The van der Waals surface area contributed by atoms with E-state index in [-0.39, 0.29) is 54.5 Å². The number of nitrogens with zero attached hydrogens (tertiary/aromatic N) is 2. The second-order valence-corrected chi connectivity index (χ2v) is 16.7. The van der Waals surface area contributed by atoms with Crippen LogP contribution in [-0.4, -0.2) is 95.9 Å².